The van der Waals surface area contributed by atoms with E-state index in [1.807, 2.05) is 7.05 Å². The molecule has 0 bridgehead atoms. The van der Waals surface area contributed by atoms with Gasteiger partial charge in [-0.2, -0.15) is 0 Å². The normalized spacial score (nSPS) is 13.4. The Hall–Kier alpha value is -1.54. The summed E-state index contributed by atoms with van der Waals surface area (Å²) in [5.74, 6) is 0.940. The maximum absolute atomic E-state index is 5.48. The lowest BCUT2D eigenvalue weighted by Crippen LogP contribution is -2.22. The number of benzene rings is 2. The zero-order chi connectivity index (χ0) is 14.8. The highest BCUT2D eigenvalue weighted by molar-refractivity contribution is 5.91. The third kappa shape index (κ3) is 3.13. The highest BCUT2D eigenvalue weighted by atomic mass is 16.5. The molecule has 1 N–H and O–H groups in total. The van der Waals surface area contributed by atoms with Gasteiger partial charge in [0.05, 0.1) is 7.11 Å². The van der Waals surface area contributed by atoms with Crippen LogP contribution < -0.4 is 10.1 Å². The SMILES string of the molecule is CNC(CC(C)(C)C)c1ccc(OC)c2ccccc12. The Bertz CT molecular complexity index is 583. The Labute approximate surface area is 122 Å². The third-order valence-corrected chi connectivity index (χ3v) is 3.68. The number of fused-ring (bicyclic) bond motifs is 1. The van der Waals surface area contributed by atoms with E-state index in [4.69, 9.17) is 4.74 Å². The topological polar surface area (TPSA) is 21.3 Å². The molecule has 0 aliphatic carbocycles. The standard InChI is InChI=1S/C18H25NO/c1-18(2,3)12-16(19-4)14-10-11-17(20-5)15-9-7-6-8-13(14)15/h6-11,16,19H,12H2,1-5H3. The monoisotopic (exact) mass is 271 g/mol. The van der Waals surface area contributed by atoms with E-state index >= 15 is 0 Å². The molecule has 0 radical (unpaired) electrons. The van der Waals surface area contributed by atoms with Crippen LogP contribution in [0.3, 0.4) is 0 Å². The van der Waals surface area contributed by atoms with Crippen LogP contribution in [0.25, 0.3) is 10.8 Å². The average Bonchev–Trinajstić information content (AvgIpc) is 2.42. The van der Waals surface area contributed by atoms with Crippen LogP contribution in [0.15, 0.2) is 36.4 Å². The molecule has 2 aromatic rings. The Morgan fingerprint density at radius 3 is 2.25 bits per heavy atom. The molecular weight excluding hydrogens is 246 g/mol. The lowest BCUT2D eigenvalue weighted by Gasteiger charge is -2.27. The first-order valence-corrected chi connectivity index (χ1v) is 7.19. The molecule has 0 aromatic heterocycles. The lowest BCUT2D eigenvalue weighted by molar-refractivity contribution is 0.321. The van der Waals surface area contributed by atoms with Crippen molar-refractivity contribution in [1.29, 1.82) is 0 Å². The van der Waals surface area contributed by atoms with E-state index < -0.39 is 0 Å². The van der Waals surface area contributed by atoms with Crippen molar-refractivity contribution in [3.05, 3.63) is 42.0 Å². The summed E-state index contributed by atoms with van der Waals surface area (Å²) in [6, 6.07) is 13.1. The first-order chi connectivity index (χ1) is 9.46. The summed E-state index contributed by atoms with van der Waals surface area (Å²) >= 11 is 0. The van der Waals surface area contributed by atoms with Gasteiger partial charge >= 0.3 is 0 Å². The van der Waals surface area contributed by atoms with Crippen molar-refractivity contribution in [3.63, 3.8) is 0 Å². The van der Waals surface area contributed by atoms with Gasteiger partial charge in [-0.15, -0.1) is 0 Å². The number of nitrogens with one attached hydrogen (secondary N) is 1. The van der Waals surface area contributed by atoms with Gasteiger partial charge in [-0.05, 0) is 35.9 Å². The average molecular weight is 271 g/mol. The van der Waals surface area contributed by atoms with Gasteiger partial charge in [0.15, 0.2) is 0 Å². The number of ether oxygens (including phenoxy) is 1. The molecule has 2 aromatic carbocycles. The van der Waals surface area contributed by atoms with Crippen molar-refractivity contribution in [3.8, 4) is 5.75 Å². The Kier molecular flexibility index (Phi) is 4.34. The minimum absolute atomic E-state index is 0.286. The molecule has 0 aliphatic rings. The molecule has 20 heavy (non-hydrogen) atoms. The smallest absolute Gasteiger partial charge is 0.126 e. The Morgan fingerprint density at radius 1 is 1.05 bits per heavy atom. The van der Waals surface area contributed by atoms with Gasteiger partial charge in [-0.1, -0.05) is 51.1 Å². The molecule has 1 atom stereocenters. The number of rotatable bonds is 4. The van der Waals surface area contributed by atoms with Crippen LogP contribution >= 0.6 is 0 Å². The highest BCUT2D eigenvalue weighted by Crippen LogP contribution is 2.36. The summed E-state index contributed by atoms with van der Waals surface area (Å²) in [6.07, 6.45) is 1.10. The van der Waals surface area contributed by atoms with Gasteiger partial charge in [0.25, 0.3) is 0 Å². The first-order valence-electron chi connectivity index (χ1n) is 7.19. The molecule has 0 aliphatic heterocycles. The molecule has 2 heteroatoms. The third-order valence-electron chi connectivity index (χ3n) is 3.68. The summed E-state index contributed by atoms with van der Waals surface area (Å²) in [4.78, 5) is 0. The molecule has 2 nitrogen and oxygen atoms in total. The van der Waals surface area contributed by atoms with Crippen molar-refractivity contribution >= 4 is 10.8 Å². The molecule has 0 fully saturated rings. The zero-order valence-corrected chi connectivity index (χ0v) is 13.2. The number of hydrogen-bond acceptors (Lipinski definition) is 2. The molecule has 108 valence electrons. The molecule has 1 unspecified atom stereocenters. The van der Waals surface area contributed by atoms with Crippen molar-refractivity contribution in [2.45, 2.75) is 33.2 Å². The van der Waals surface area contributed by atoms with Crippen LogP contribution in [0, 0.1) is 5.41 Å². The first kappa shape index (κ1) is 14.9. The van der Waals surface area contributed by atoms with E-state index in [-0.39, 0.29) is 5.41 Å². The fourth-order valence-corrected chi connectivity index (χ4v) is 2.76. The fraction of sp³-hybridized carbons (Fsp3) is 0.444. The molecule has 0 heterocycles. The van der Waals surface area contributed by atoms with E-state index in [1.54, 1.807) is 7.11 Å². The predicted octanol–water partition coefficient (Wildman–Crippen LogP) is 4.55. The number of hydrogen-bond donors (Lipinski definition) is 1. The largest absolute Gasteiger partial charge is 0.496 e. The van der Waals surface area contributed by atoms with Crippen LogP contribution in [0.1, 0.15) is 38.8 Å². The van der Waals surface area contributed by atoms with Crippen LogP contribution in [0.5, 0.6) is 5.75 Å². The second-order valence-electron chi connectivity index (χ2n) is 6.51. The second kappa shape index (κ2) is 5.84. The highest BCUT2D eigenvalue weighted by Gasteiger charge is 2.21. The molecule has 0 saturated carbocycles. The zero-order valence-electron chi connectivity index (χ0n) is 13.2. The minimum atomic E-state index is 0.286. The van der Waals surface area contributed by atoms with Gasteiger partial charge in [0.2, 0.25) is 0 Å². The van der Waals surface area contributed by atoms with E-state index in [9.17, 15) is 0 Å². The summed E-state index contributed by atoms with van der Waals surface area (Å²) in [5.41, 5.74) is 1.63. The van der Waals surface area contributed by atoms with Gasteiger partial charge < -0.3 is 10.1 Å². The van der Waals surface area contributed by atoms with Crippen molar-refractivity contribution in [2.24, 2.45) is 5.41 Å². The van der Waals surface area contributed by atoms with E-state index in [2.05, 4.69) is 62.5 Å². The van der Waals surface area contributed by atoms with Crippen LogP contribution in [0.2, 0.25) is 0 Å². The molecular formula is C18H25NO. The summed E-state index contributed by atoms with van der Waals surface area (Å²) in [7, 11) is 3.77. The molecule has 2 rings (SSSR count). The van der Waals surface area contributed by atoms with Crippen LogP contribution in [-0.4, -0.2) is 14.2 Å². The summed E-state index contributed by atoms with van der Waals surface area (Å²) in [5, 5.41) is 5.92. The van der Waals surface area contributed by atoms with Gasteiger partial charge in [0.1, 0.15) is 5.75 Å². The molecule has 0 spiro atoms. The summed E-state index contributed by atoms with van der Waals surface area (Å²) < 4.78 is 5.48. The maximum Gasteiger partial charge on any atom is 0.126 e. The Morgan fingerprint density at radius 2 is 1.70 bits per heavy atom. The second-order valence-corrected chi connectivity index (χ2v) is 6.51. The molecule has 0 amide bonds. The van der Waals surface area contributed by atoms with E-state index in [0.717, 1.165) is 12.2 Å². The van der Waals surface area contributed by atoms with Gasteiger partial charge in [-0.3, -0.25) is 0 Å². The van der Waals surface area contributed by atoms with E-state index in [0.29, 0.717) is 6.04 Å². The van der Waals surface area contributed by atoms with Crippen LogP contribution in [0.4, 0.5) is 0 Å². The number of methoxy groups -OCH3 is 1. The van der Waals surface area contributed by atoms with Crippen LogP contribution in [-0.2, 0) is 0 Å². The van der Waals surface area contributed by atoms with Gasteiger partial charge in [0, 0.05) is 11.4 Å². The van der Waals surface area contributed by atoms with Gasteiger partial charge in [-0.25, -0.2) is 0 Å². The molecule has 0 saturated heterocycles. The predicted molar refractivity (Wildman–Crippen MR) is 86.4 cm³/mol. The summed E-state index contributed by atoms with van der Waals surface area (Å²) in [6.45, 7) is 6.84. The van der Waals surface area contributed by atoms with Crippen molar-refractivity contribution in [2.75, 3.05) is 14.2 Å². The van der Waals surface area contributed by atoms with Crippen molar-refractivity contribution < 1.29 is 4.74 Å². The van der Waals surface area contributed by atoms with E-state index in [1.165, 1.54) is 16.3 Å². The van der Waals surface area contributed by atoms with Crippen molar-refractivity contribution in [1.82, 2.24) is 5.32 Å². The minimum Gasteiger partial charge on any atom is -0.496 e. The maximum atomic E-state index is 5.48. The fourth-order valence-electron chi connectivity index (χ4n) is 2.76. The Balaban J connectivity index is 2.53. The quantitative estimate of drug-likeness (QED) is 0.881. The lowest BCUT2D eigenvalue weighted by atomic mass is 9.84.